The molecule has 0 N–H and O–H groups in total. The molecule has 1 aliphatic rings. The van der Waals surface area contributed by atoms with Gasteiger partial charge in [-0.15, -0.1) is 0 Å². The van der Waals surface area contributed by atoms with E-state index in [2.05, 4.69) is 0 Å². The maximum atomic E-state index is 12.5. The van der Waals surface area contributed by atoms with Crippen LogP contribution < -0.4 is 10.3 Å². The fourth-order valence-electron chi connectivity index (χ4n) is 4.10. The first-order chi connectivity index (χ1) is 14.7. The van der Waals surface area contributed by atoms with Crippen molar-refractivity contribution in [3.05, 3.63) is 40.7 Å². The zero-order chi connectivity index (χ0) is 22.6. The number of benzene rings is 1. The predicted molar refractivity (Wildman–Crippen MR) is 120 cm³/mol. The molecule has 7 heteroatoms. The molecule has 1 aromatic heterocycles. The quantitative estimate of drug-likeness (QED) is 0.650. The Morgan fingerprint density at radius 3 is 2.45 bits per heavy atom. The standard InChI is InChI=1S/C24H32N2O5/c1-23(2,3)31-22(29)25-14-11-24(17-27,12-15-25)10-5-13-26-20-16-19(30-4)8-6-18(20)7-9-21(26)28/h6-9,16-17H,5,10-15H2,1-4H3. The van der Waals surface area contributed by atoms with Gasteiger partial charge in [0.15, 0.2) is 0 Å². The predicted octanol–water partition coefficient (Wildman–Crippen LogP) is 4.01. The highest BCUT2D eigenvalue weighted by Crippen LogP contribution is 2.35. The van der Waals surface area contributed by atoms with Gasteiger partial charge in [-0.1, -0.05) is 0 Å². The Labute approximate surface area is 182 Å². The molecule has 0 saturated carbocycles. The van der Waals surface area contributed by atoms with Crippen molar-refractivity contribution in [3.63, 3.8) is 0 Å². The number of likely N-dealkylation sites (tertiary alicyclic amines) is 1. The van der Waals surface area contributed by atoms with Gasteiger partial charge in [-0.2, -0.15) is 0 Å². The molecule has 1 saturated heterocycles. The van der Waals surface area contributed by atoms with Crippen LogP contribution in [0.15, 0.2) is 35.1 Å². The number of aryl methyl sites for hydroxylation is 1. The summed E-state index contributed by atoms with van der Waals surface area (Å²) in [4.78, 5) is 38.4. The van der Waals surface area contributed by atoms with Gasteiger partial charge in [-0.05, 0) is 70.0 Å². The summed E-state index contributed by atoms with van der Waals surface area (Å²) in [5.74, 6) is 0.700. The highest BCUT2D eigenvalue weighted by atomic mass is 16.6. The Kier molecular flexibility index (Phi) is 6.72. The van der Waals surface area contributed by atoms with E-state index in [0.717, 1.165) is 17.2 Å². The summed E-state index contributed by atoms with van der Waals surface area (Å²) in [7, 11) is 1.60. The van der Waals surface area contributed by atoms with Crippen LogP contribution in [0.3, 0.4) is 0 Å². The third kappa shape index (κ3) is 5.46. The summed E-state index contributed by atoms with van der Waals surface area (Å²) in [6.07, 6.45) is 3.28. The number of aldehydes is 1. The van der Waals surface area contributed by atoms with Gasteiger partial charge in [0.1, 0.15) is 17.6 Å². The normalized spacial score (nSPS) is 16.2. The largest absolute Gasteiger partial charge is 0.497 e. The topological polar surface area (TPSA) is 77.8 Å². The van der Waals surface area contributed by atoms with Crippen molar-refractivity contribution in [2.75, 3.05) is 20.2 Å². The van der Waals surface area contributed by atoms with Gasteiger partial charge in [0.2, 0.25) is 0 Å². The van der Waals surface area contributed by atoms with E-state index in [0.29, 0.717) is 51.1 Å². The van der Waals surface area contributed by atoms with Crippen molar-refractivity contribution in [2.45, 2.75) is 58.6 Å². The zero-order valence-electron chi connectivity index (χ0n) is 18.8. The Morgan fingerprint density at radius 1 is 1.16 bits per heavy atom. The number of ether oxygens (including phenoxy) is 2. The third-order valence-corrected chi connectivity index (χ3v) is 5.92. The Balaban J connectivity index is 1.65. The molecule has 1 aromatic carbocycles. The highest BCUT2D eigenvalue weighted by molar-refractivity contribution is 5.80. The number of rotatable bonds is 6. The van der Waals surface area contributed by atoms with E-state index in [9.17, 15) is 14.4 Å². The molecule has 0 radical (unpaired) electrons. The van der Waals surface area contributed by atoms with E-state index >= 15 is 0 Å². The van der Waals surface area contributed by atoms with Crippen molar-refractivity contribution < 1.29 is 19.1 Å². The lowest BCUT2D eigenvalue weighted by atomic mass is 9.76. The van der Waals surface area contributed by atoms with Crippen molar-refractivity contribution in [3.8, 4) is 5.75 Å². The molecule has 0 aliphatic carbocycles. The van der Waals surface area contributed by atoms with Crippen molar-refractivity contribution in [1.29, 1.82) is 0 Å². The van der Waals surface area contributed by atoms with Gasteiger partial charge in [0.25, 0.3) is 5.56 Å². The maximum absolute atomic E-state index is 12.5. The van der Waals surface area contributed by atoms with Crippen molar-refractivity contribution in [1.82, 2.24) is 9.47 Å². The molecule has 2 aromatic rings. The number of carbonyl (C=O) groups is 2. The van der Waals surface area contributed by atoms with E-state index < -0.39 is 11.0 Å². The van der Waals surface area contributed by atoms with Crippen LogP contribution in [0.25, 0.3) is 10.9 Å². The monoisotopic (exact) mass is 428 g/mol. The summed E-state index contributed by atoms with van der Waals surface area (Å²) in [6, 6.07) is 9.06. The number of piperidine rings is 1. The van der Waals surface area contributed by atoms with E-state index in [1.807, 2.05) is 45.0 Å². The lowest BCUT2D eigenvalue weighted by molar-refractivity contribution is -0.119. The molecular formula is C24H32N2O5. The van der Waals surface area contributed by atoms with Crippen LogP contribution in [0, 0.1) is 5.41 Å². The maximum Gasteiger partial charge on any atom is 0.410 e. The Hall–Kier alpha value is -2.83. The van der Waals surface area contributed by atoms with Gasteiger partial charge >= 0.3 is 6.09 Å². The Bertz CT molecular complexity index is 997. The lowest BCUT2D eigenvalue weighted by Gasteiger charge is -2.38. The first-order valence-corrected chi connectivity index (χ1v) is 10.8. The van der Waals surface area contributed by atoms with Gasteiger partial charge in [-0.3, -0.25) is 4.79 Å². The smallest absolute Gasteiger partial charge is 0.410 e. The molecule has 0 atom stereocenters. The van der Waals surface area contributed by atoms with Gasteiger partial charge in [-0.25, -0.2) is 4.79 Å². The molecule has 168 valence electrons. The summed E-state index contributed by atoms with van der Waals surface area (Å²) >= 11 is 0. The molecule has 0 bridgehead atoms. The van der Waals surface area contributed by atoms with E-state index in [4.69, 9.17) is 9.47 Å². The van der Waals surface area contributed by atoms with Crippen LogP contribution in [0.5, 0.6) is 5.75 Å². The SMILES string of the molecule is COc1ccc2ccc(=O)n(CCCC3(C=O)CCN(C(=O)OC(C)(C)C)CC3)c2c1. The average Bonchev–Trinajstić information content (AvgIpc) is 2.74. The number of hydrogen-bond donors (Lipinski definition) is 0. The Morgan fingerprint density at radius 2 is 1.84 bits per heavy atom. The third-order valence-electron chi connectivity index (χ3n) is 5.92. The number of pyridine rings is 1. The summed E-state index contributed by atoms with van der Waals surface area (Å²) < 4.78 is 12.5. The van der Waals surface area contributed by atoms with Crippen LogP contribution in [0.1, 0.15) is 46.5 Å². The molecule has 1 amide bonds. The fraction of sp³-hybridized carbons (Fsp3) is 0.542. The molecule has 0 unspecified atom stereocenters. The molecule has 1 fully saturated rings. The lowest BCUT2D eigenvalue weighted by Crippen LogP contribution is -2.45. The van der Waals surface area contributed by atoms with Gasteiger partial charge in [0, 0.05) is 37.2 Å². The minimum Gasteiger partial charge on any atom is -0.497 e. The number of amides is 1. The van der Waals surface area contributed by atoms with Crippen LogP contribution in [0.4, 0.5) is 4.79 Å². The molecule has 0 spiro atoms. The van der Waals surface area contributed by atoms with Gasteiger partial charge < -0.3 is 23.7 Å². The number of aromatic nitrogens is 1. The van der Waals surface area contributed by atoms with Crippen molar-refractivity contribution in [2.24, 2.45) is 5.41 Å². The van der Waals surface area contributed by atoms with Gasteiger partial charge in [0.05, 0.1) is 12.6 Å². The van der Waals surface area contributed by atoms with Crippen LogP contribution >= 0.6 is 0 Å². The van der Waals surface area contributed by atoms with Crippen LogP contribution in [0.2, 0.25) is 0 Å². The van der Waals surface area contributed by atoms with Crippen LogP contribution in [-0.4, -0.2) is 47.6 Å². The summed E-state index contributed by atoms with van der Waals surface area (Å²) in [6.45, 7) is 7.05. The first-order valence-electron chi connectivity index (χ1n) is 10.8. The van der Waals surface area contributed by atoms with E-state index in [1.165, 1.54) is 0 Å². The number of fused-ring (bicyclic) bond motifs is 1. The molecule has 3 rings (SSSR count). The van der Waals surface area contributed by atoms with Crippen molar-refractivity contribution >= 4 is 23.3 Å². The summed E-state index contributed by atoms with van der Waals surface area (Å²) in [5, 5.41) is 0.969. The second kappa shape index (κ2) is 9.12. The number of hydrogen-bond acceptors (Lipinski definition) is 5. The molecule has 7 nitrogen and oxygen atoms in total. The minimum absolute atomic E-state index is 0.0688. The second-order valence-corrected chi connectivity index (χ2v) is 9.30. The van der Waals surface area contributed by atoms with E-state index in [-0.39, 0.29) is 11.7 Å². The summed E-state index contributed by atoms with van der Waals surface area (Å²) in [5.41, 5.74) is -0.248. The first kappa shape index (κ1) is 22.8. The number of carbonyl (C=O) groups excluding carboxylic acids is 2. The number of nitrogens with zero attached hydrogens (tertiary/aromatic N) is 2. The minimum atomic E-state index is -0.537. The number of methoxy groups -OCH3 is 1. The molecule has 31 heavy (non-hydrogen) atoms. The highest BCUT2D eigenvalue weighted by Gasteiger charge is 2.36. The zero-order valence-corrected chi connectivity index (χ0v) is 18.8. The fourth-order valence-corrected chi connectivity index (χ4v) is 4.10. The molecular weight excluding hydrogens is 396 g/mol. The molecule has 2 heterocycles. The molecule has 1 aliphatic heterocycles. The average molecular weight is 429 g/mol. The second-order valence-electron chi connectivity index (χ2n) is 9.30. The van der Waals surface area contributed by atoms with Crippen LogP contribution in [-0.2, 0) is 16.1 Å². The van der Waals surface area contributed by atoms with E-state index in [1.54, 1.807) is 22.6 Å².